The minimum absolute atomic E-state index is 0. The summed E-state index contributed by atoms with van der Waals surface area (Å²) in [5.41, 5.74) is -3.77. The van der Waals surface area contributed by atoms with E-state index in [1.807, 2.05) is 0 Å². The summed E-state index contributed by atoms with van der Waals surface area (Å²) in [6.07, 6.45) is 0. The van der Waals surface area contributed by atoms with Crippen molar-refractivity contribution in [2.24, 2.45) is 11.3 Å². The molecule has 0 N–H and O–H groups in total. The predicted octanol–water partition coefficient (Wildman–Crippen LogP) is -18.4. The van der Waals surface area contributed by atoms with E-state index in [4.69, 9.17) is 0 Å². The van der Waals surface area contributed by atoms with Crippen molar-refractivity contribution in [2.75, 3.05) is 0 Å². The normalized spacial score (nSPS) is 10.2. The van der Waals surface area contributed by atoms with E-state index < -0.39 is 35.2 Å². The molecule has 0 aromatic rings. The molecule has 1 unspecified atom stereocenters. The van der Waals surface area contributed by atoms with E-state index in [0.29, 0.717) is 6.92 Å². The van der Waals surface area contributed by atoms with Crippen LogP contribution in [0.15, 0.2) is 0 Å². The molecule has 1 atom stereocenters. The molecular weight excluding hydrogens is 240 g/mol. The number of hydrogen-bond donors (Lipinski definition) is 0. The fraction of sp³-hybridized carbons (Fsp3) is 0.429. The summed E-state index contributed by atoms with van der Waals surface area (Å²) in [7, 11) is 0. The Bertz CT molecular complexity index is 308. The molecule has 0 saturated carbocycles. The van der Waals surface area contributed by atoms with Crippen LogP contribution in [-0.2, 0) is 19.2 Å². The van der Waals surface area contributed by atoms with Crippen molar-refractivity contribution in [1.29, 1.82) is 0 Å². The third-order valence-corrected chi connectivity index (χ3v) is 1.97. The Morgan fingerprint density at radius 2 is 0.947 bits per heavy atom. The zero-order valence-corrected chi connectivity index (χ0v) is 11.3. The van der Waals surface area contributed by atoms with Gasteiger partial charge in [-0.05, 0) is 0 Å². The summed E-state index contributed by atoms with van der Waals surface area (Å²) >= 11 is 0. The van der Waals surface area contributed by atoms with E-state index >= 15 is 0 Å². The summed E-state index contributed by atoms with van der Waals surface area (Å²) in [6.45, 7) is 0.525. The molecule has 0 aromatic heterocycles. The molecule has 0 spiro atoms. The van der Waals surface area contributed by atoms with Crippen molar-refractivity contribution < 1.29 is 115 Å². The van der Waals surface area contributed by atoms with Crippen molar-refractivity contribution in [3.8, 4) is 0 Å². The van der Waals surface area contributed by atoms with Crippen LogP contribution in [0.3, 0.4) is 0 Å². The molecule has 0 saturated heterocycles. The van der Waals surface area contributed by atoms with E-state index in [0.717, 1.165) is 0 Å². The van der Waals surface area contributed by atoms with E-state index in [-0.39, 0.29) is 75.4 Å². The number of aliphatic carboxylic acids is 4. The molecule has 19 heavy (non-hydrogen) atoms. The minimum atomic E-state index is -3.77. The number of carbonyl (C=O) groups excluding carboxylic acids is 4. The Balaban J connectivity index is -0.000000163. The summed E-state index contributed by atoms with van der Waals surface area (Å²) in [4.78, 5) is 41.5. The SMILES string of the molecule is CC(C(=O)[O-])C(C(=O)[O-])(C(=O)[O-])C(=O)[O-].[Li+].[Li+].[Li+].[Li+]. The van der Waals surface area contributed by atoms with Crippen molar-refractivity contribution in [1.82, 2.24) is 0 Å². The van der Waals surface area contributed by atoms with E-state index in [1.54, 1.807) is 0 Å². The first-order valence-electron chi connectivity index (χ1n) is 3.54. The number of carboxylic acids is 4. The van der Waals surface area contributed by atoms with Crippen molar-refractivity contribution in [3.63, 3.8) is 0 Å². The standard InChI is InChI=1S/C7H8O8.4Li/c1-2(3(8)9)7(4(10)11,5(12)13)6(14)15;;;;/h2H,1H3,(H,8,9)(H,10,11)(H,12,13)(H,14,15);;;;/q;4*+1/p-4. The van der Waals surface area contributed by atoms with Crippen LogP contribution in [0.1, 0.15) is 6.92 Å². The molecule has 0 aromatic carbocycles. The molecule has 0 aliphatic carbocycles. The summed E-state index contributed by atoms with van der Waals surface area (Å²) in [6, 6.07) is 0. The van der Waals surface area contributed by atoms with Gasteiger partial charge in [-0.25, -0.2) is 0 Å². The average molecular weight is 244 g/mol. The van der Waals surface area contributed by atoms with Crippen LogP contribution in [0, 0.1) is 11.3 Å². The fourth-order valence-corrected chi connectivity index (χ4v) is 0.957. The first kappa shape index (κ1) is 31.6. The predicted molar refractivity (Wildman–Crippen MR) is 31.6 cm³/mol. The van der Waals surface area contributed by atoms with Crippen molar-refractivity contribution in [2.45, 2.75) is 6.92 Å². The first-order valence-corrected chi connectivity index (χ1v) is 3.54. The molecular formula is C7H4Li4O8. The van der Waals surface area contributed by atoms with E-state index in [2.05, 4.69) is 0 Å². The maximum atomic E-state index is 10.4. The monoisotopic (exact) mass is 244 g/mol. The zero-order valence-electron chi connectivity index (χ0n) is 11.3. The largest absolute Gasteiger partial charge is 1.00 e. The zero-order chi connectivity index (χ0) is 12.4. The molecule has 0 aliphatic heterocycles. The van der Waals surface area contributed by atoms with Crippen LogP contribution in [0.2, 0.25) is 0 Å². The van der Waals surface area contributed by atoms with Crippen LogP contribution in [0.4, 0.5) is 0 Å². The Kier molecular flexibility index (Phi) is 20.0. The molecule has 0 radical (unpaired) electrons. The van der Waals surface area contributed by atoms with Crippen LogP contribution >= 0.6 is 0 Å². The van der Waals surface area contributed by atoms with E-state index in [9.17, 15) is 39.6 Å². The summed E-state index contributed by atoms with van der Waals surface area (Å²) in [5, 5.41) is 41.5. The maximum Gasteiger partial charge on any atom is 1.00 e. The average Bonchev–Trinajstić information content (AvgIpc) is 2.02. The molecule has 8 nitrogen and oxygen atoms in total. The molecule has 0 bridgehead atoms. The van der Waals surface area contributed by atoms with Gasteiger partial charge in [0.15, 0.2) is 0 Å². The molecule has 12 heteroatoms. The van der Waals surface area contributed by atoms with Crippen LogP contribution in [0.5, 0.6) is 0 Å². The molecule has 84 valence electrons. The molecule has 0 aliphatic rings. The van der Waals surface area contributed by atoms with Gasteiger partial charge in [0.05, 0.1) is 23.3 Å². The van der Waals surface area contributed by atoms with Gasteiger partial charge in [0.2, 0.25) is 0 Å². The van der Waals surface area contributed by atoms with Gasteiger partial charge >= 0.3 is 75.4 Å². The topological polar surface area (TPSA) is 161 Å². The second kappa shape index (κ2) is 12.0. The van der Waals surface area contributed by atoms with Gasteiger partial charge in [-0.1, -0.05) is 6.92 Å². The summed E-state index contributed by atoms with van der Waals surface area (Å²) < 4.78 is 0. The van der Waals surface area contributed by atoms with Crippen molar-refractivity contribution >= 4 is 23.9 Å². The Morgan fingerprint density at radius 3 is 1.00 bits per heavy atom. The van der Waals surface area contributed by atoms with Crippen LogP contribution in [-0.4, -0.2) is 23.9 Å². The number of carboxylic acid groups (broad SMARTS) is 4. The Morgan fingerprint density at radius 1 is 0.737 bits per heavy atom. The van der Waals surface area contributed by atoms with Gasteiger partial charge in [-0.2, -0.15) is 0 Å². The second-order valence-electron chi connectivity index (χ2n) is 2.71. The quantitative estimate of drug-likeness (QED) is 0.340. The van der Waals surface area contributed by atoms with Gasteiger partial charge in [-0.3, -0.25) is 0 Å². The smallest absolute Gasteiger partial charge is 0.550 e. The number of rotatable bonds is 5. The number of carbonyl (C=O) groups is 4. The molecule has 0 rings (SSSR count). The van der Waals surface area contributed by atoms with Gasteiger partial charge in [0.1, 0.15) is 0 Å². The molecule has 0 amide bonds. The Labute approximate surface area is 156 Å². The maximum absolute atomic E-state index is 10.4. The first-order chi connectivity index (χ1) is 6.68. The van der Waals surface area contributed by atoms with Crippen LogP contribution in [0.25, 0.3) is 0 Å². The molecule has 0 heterocycles. The minimum Gasteiger partial charge on any atom is -0.550 e. The fourth-order valence-electron chi connectivity index (χ4n) is 0.957. The molecule has 0 fully saturated rings. The van der Waals surface area contributed by atoms with Gasteiger partial charge in [0.25, 0.3) is 0 Å². The van der Waals surface area contributed by atoms with Crippen LogP contribution < -0.4 is 95.9 Å². The third-order valence-electron chi connectivity index (χ3n) is 1.97. The Hall–Kier alpha value is 0.270. The van der Waals surface area contributed by atoms with E-state index in [1.165, 1.54) is 0 Å². The summed E-state index contributed by atoms with van der Waals surface area (Å²) in [5.74, 6) is -12.5. The third kappa shape index (κ3) is 6.05. The van der Waals surface area contributed by atoms with Gasteiger partial charge in [0, 0.05) is 11.9 Å². The van der Waals surface area contributed by atoms with Gasteiger partial charge in [-0.15, -0.1) is 0 Å². The second-order valence-corrected chi connectivity index (χ2v) is 2.71. The van der Waals surface area contributed by atoms with Crippen molar-refractivity contribution in [3.05, 3.63) is 0 Å². The van der Waals surface area contributed by atoms with Gasteiger partial charge < -0.3 is 39.6 Å². The number of hydrogen-bond acceptors (Lipinski definition) is 8.